The minimum atomic E-state index is 0.417. The van der Waals surface area contributed by atoms with Crippen LogP contribution in [-0.4, -0.2) is 25.3 Å². The van der Waals surface area contributed by atoms with Crippen molar-refractivity contribution in [3.8, 4) is 0 Å². The third-order valence-corrected chi connectivity index (χ3v) is 4.30. The first-order valence-corrected chi connectivity index (χ1v) is 8.25. The molecule has 1 N–H and O–H groups in total. The second kappa shape index (κ2) is 8.66. The molecule has 1 fully saturated rings. The Kier molecular flexibility index (Phi) is 6.85. The topological polar surface area (TPSA) is 21.3 Å². The van der Waals surface area contributed by atoms with Gasteiger partial charge in [0.25, 0.3) is 0 Å². The number of rotatable bonds is 7. The van der Waals surface area contributed by atoms with E-state index in [0.29, 0.717) is 12.1 Å². The van der Waals surface area contributed by atoms with Gasteiger partial charge in [0.05, 0.1) is 6.10 Å². The zero-order chi connectivity index (χ0) is 14.2. The highest BCUT2D eigenvalue weighted by molar-refractivity contribution is 6.31. The molecule has 1 aliphatic heterocycles. The van der Waals surface area contributed by atoms with Crippen molar-refractivity contribution in [2.24, 2.45) is 0 Å². The van der Waals surface area contributed by atoms with Gasteiger partial charge in [0.2, 0.25) is 0 Å². The zero-order valence-electron chi connectivity index (χ0n) is 12.4. The van der Waals surface area contributed by atoms with Crippen LogP contribution in [-0.2, 0) is 11.2 Å². The van der Waals surface area contributed by atoms with Crippen LogP contribution < -0.4 is 5.32 Å². The van der Waals surface area contributed by atoms with E-state index >= 15 is 0 Å². The highest BCUT2D eigenvalue weighted by atomic mass is 35.5. The third-order valence-electron chi connectivity index (χ3n) is 3.93. The maximum Gasteiger partial charge on any atom is 0.0590 e. The summed E-state index contributed by atoms with van der Waals surface area (Å²) in [5, 5.41) is 4.53. The van der Waals surface area contributed by atoms with Gasteiger partial charge in [0.15, 0.2) is 0 Å². The fourth-order valence-corrected chi connectivity index (χ4v) is 3.04. The van der Waals surface area contributed by atoms with Gasteiger partial charge in [0, 0.05) is 17.7 Å². The standard InChI is InChI=1S/C17H26ClNO/c1-2-10-19-15(13-16-8-5-6-11-20-16)12-14-7-3-4-9-17(14)18/h3-4,7,9,15-16,19H,2,5-6,8,10-13H2,1H3. The van der Waals surface area contributed by atoms with Crippen LogP contribution in [0, 0.1) is 0 Å². The largest absolute Gasteiger partial charge is 0.378 e. The first-order valence-electron chi connectivity index (χ1n) is 7.88. The van der Waals surface area contributed by atoms with Crippen LogP contribution >= 0.6 is 11.6 Å². The lowest BCUT2D eigenvalue weighted by atomic mass is 9.96. The Bertz CT molecular complexity index is 390. The lowest BCUT2D eigenvalue weighted by Gasteiger charge is -2.28. The van der Waals surface area contributed by atoms with E-state index in [2.05, 4.69) is 24.4 Å². The van der Waals surface area contributed by atoms with Crippen molar-refractivity contribution >= 4 is 11.6 Å². The van der Waals surface area contributed by atoms with Gasteiger partial charge < -0.3 is 10.1 Å². The summed E-state index contributed by atoms with van der Waals surface area (Å²) in [7, 11) is 0. The summed E-state index contributed by atoms with van der Waals surface area (Å²) in [6.07, 6.45) is 7.37. The first kappa shape index (κ1) is 15.8. The van der Waals surface area contributed by atoms with Crippen LogP contribution in [0.15, 0.2) is 24.3 Å². The Morgan fingerprint density at radius 3 is 2.90 bits per heavy atom. The van der Waals surface area contributed by atoms with E-state index in [1.54, 1.807) is 0 Å². The monoisotopic (exact) mass is 295 g/mol. The van der Waals surface area contributed by atoms with Crippen molar-refractivity contribution in [2.75, 3.05) is 13.2 Å². The normalized spacial score (nSPS) is 20.8. The molecule has 1 aromatic carbocycles. The molecule has 0 radical (unpaired) electrons. The molecule has 1 heterocycles. The molecule has 0 bridgehead atoms. The van der Waals surface area contributed by atoms with Gasteiger partial charge in [-0.25, -0.2) is 0 Å². The maximum absolute atomic E-state index is 6.29. The van der Waals surface area contributed by atoms with Gasteiger partial charge in [0.1, 0.15) is 0 Å². The molecule has 0 spiro atoms. The number of halogens is 1. The van der Waals surface area contributed by atoms with Gasteiger partial charge >= 0.3 is 0 Å². The highest BCUT2D eigenvalue weighted by Gasteiger charge is 2.20. The summed E-state index contributed by atoms with van der Waals surface area (Å²) in [4.78, 5) is 0. The van der Waals surface area contributed by atoms with E-state index in [9.17, 15) is 0 Å². The number of hydrogen-bond donors (Lipinski definition) is 1. The number of nitrogens with one attached hydrogen (secondary N) is 1. The first-order chi connectivity index (χ1) is 9.79. The molecule has 2 unspecified atom stereocenters. The molecule has 20 heavy (non-hydrogen) atoms. The highest BCUT2D eigenvalue weighted by Crippen LogP contribution is 2.21. The Morgan fingerprint density at radius 1 is 1.35 bits per heavy atom. The lowest BCUT2D eigenvalue weighted by Crippen LogP contribution is -2.36. The molecule has 112 valence electrons. The molecule has 0 aliphatic carbocycles. The summed E-state index contributed by atoms with van der Waals surface area (Å²) < 4.78 is 5.88. The maximum atomic E-state index is 6.29. The van der Waals surface area contributed by atoms with Crippen LogP contribution in [0.1, 0.15) is 44.6 Å². The molecule has 1 aromatic rings. The quantitative estimate of drug-likeness (QED) is 0.813. The fourth-order valence-electron chi connectivity index (χ4n) is 2.83. The van der Waals surface area contributed by atoms with Crippen molar-refractivity contribution in [3.63, 3.8) is 0 Å². The van der Waals surface area contributed by atoms with Crippen LogP contribution in [0.3, 0.4) is 0 Å². The third kappa shape index (κ3) is 5.08. The average molecular weight is 296 g/mol. The smallest absolute Gasteiger partial charge is 0.0590 e. The van der Waals surface area contributed by atoms with E-state index in [4.69, 9.17) is 16.3 Å². The molecular weight excluding hydrogens is 270 g/mol. The van der Waals surface area contributed by atoms with Crippen molar-refractivity contribution in [1.82, 2.24) is 5.32 Å². The molecule has 0 saturated carbocycles. The van der Waals surface area contributed by atoms with Gasteiger partial charge in [-0.2, -0.15) is 0 Å². The number of benzene rings is 1. The Hall–Kier alpha value is -0.570. The minimum Gasteiger partial charge on any atom is -0.378 e. The molecule has 2 nitrogen and oxygen atoms in total. The summed E-state index contributed by atoms with van der Waals surface area (Å²) in [6, 6.07) is 8.62. The molecule has 3 heteroatoms. The molecule has 0 amide bonds. The van der Waals surface area contributed by atoms with Crippen molar-refractivity contribution in [2.45, 2.75) is 57.6 Å². The van der Waals surface area contributed by atoms with E-state index < -0.39 is 0 Å². The average Bonchev–Trinajstić information content (AvgIpc) is 2.48. The summed E-state index contributed by atoms with van der Waals surface area (Å²) in [6.45, 7) is 4.19. The van der Waals surface area contributed by atoms with E-state index in [1.165, 1.54) is 24.8 Å². The predicted molar refractivity (Wildman–Crippen MR) is 85.4 cm³/mol. The van der Waals surface area contributed by atoms with Crippen molar-refractivity contribution in [3.05, 3.63) is 34.9 Å². The molecule has 2 rings (SSSR count). The summed E-state index contributed by atoms with van der Waals surface area (Å²) >= 11 is 6.29. The van der Waals surface area contributed by atoms with Gasteiger partial charge in [-0.05, 0) is 56.7 Å². The Balaban J connectivity index is 1.93. The van der Waals surface area contributed by atoms with Crippen LogP contribution in [0.25, 0.3) is 0 Å². The number of hydrogen-bond acceptors (Lipinski definition) is 2. The van der Waals surface area contributed by atoms with Crippen LogP contribution in [0.2, 0.25) is 5.02 Å². The Morgan fingerprint density at radius 2 is 2.20 bits per heavy atom. The molecular formula is C17H26ClNO. The van der Waals surface area contributed by atoms with E-state index in [0.717, 1.165) is 37.4 Å². The van der Waals surface area contributed by atoms with E-state index in [-0.39, 0.29) is 0 Å². The minimum absolute atomic E-state index is 0.417. The van der Waals surface area contributed by atoms with Crippen LogP contribution in [0.5, 0.6) is 0 Å². The second-order valence-electron chi connectivity index (χ2n) is 5.67. The van der Waals surface area contributed by atoms with Gasteiger partial charge in [-0.3, -0.25) is 0 Å². The predicted octanol–water partition coefficient (Wildman–Crippen LogP) is 4.21. The molecule has 2 atom stereocenters. The van der Waals surface area contributed by atoms with Crippen molar-refractivity contribution in [1.29, 1.82) is 0 Å². The summed E-state index contributed by atoms with van der Waals surface area (Å²) in [5.74, 6) is 0. The SMILES string of the molecule is CCCNC(Cc1ccccc1Cl)CC1CCCCO1. The molecule has 0 aromatic heterocycles. The van der Waals surface area contributed by atoms with Gasteiger partial charge in [-0.15, -0.1) is 0 Å². The van der Waals surface area contributed by atoms with Crippen molar-refractivity contribution < 1.29 is 4.74 Å². The Labute approximate surface area is 127 Å². The second-order valence-corrected chi connectivity index (χ2v) is 6.08. The van der Waals surface area contributed by atoms with Gasteiger partial charge in [-0.1, -0.05) is 36.7 Å². The fraction of sp³-hybridized carbons (Fsp3) is 0.647. The zero-order valence-corrected chi connectivity index (χ0v) is 13.2. The molecule has 1 aliphatic rings. The van der Waals surface area contributed by atoms with E-state index in [1.807, 2.05) is 12.1 Å². The summed E-state index contributed by atoms with van der Waals surface area (Å²) in [5.41, 5.74) is 1.23. The van der Waals surface area contributed by atoms with Crippen LogP contribution in [0.4, 0.5) is 0 Å². The molecule has 1 saturated heterocycles. The lowest BCUT2D eigenvalue weighted by molar-refractivity contribution is 0.00526. The number of ether oxygens (including phenoxy) is 1.